The van der Waals surface area contributed by atoms with Crippen molar-refractivity contribution >= 4 is 27.5 Å². The standard InChI is InChI=1S/C25H27FN6O/c1-13-10-32(11-14(2)27-13)17-6-7-20-18(9-17)22(15-4-5-15)29-25(28-20)19-8-16-12-31(3)30-23(16)21(26)24(19)33/h6-9,12-15,27,33H,4-5,10-11H2,1-3H3/t13-,14+. The SMILES string of the molecule is C[C@@H]1CN(c2ccc3nc(-c4cc5cn(C)nc5c(F)c4O)nc(C4CC4)c3c2)C[C@H](C)N1. The molecule has 2 fully saturated rings. The molecule has 3 heterocycles. The molecule has 0 bridgehead atoms. The first-order valence-corrected chi connectivity index (χ1v) is 11.5. The van der Waals surface area contributed by atoms with Gasteiger partial charge >= 0.3 is 0 Å². The highest BCUT2D eigenvalue weighted by molar-refractivity contribution is 5.90. The first-order valence-electron chi connectivity index (χ1n) is 11.5. The number of hydrogen-bond donors (Lipinski definition) is 2. The van der Waals surface area contributed by atoms with Crippen molar-refractivity contribution < 1.29 is 9.50 Å². The lowest BCUT2D eigenvalue weighted by atomic mass is 10.1. The molecule has 1 saturated heterocycles. The van der Waals surface area contributed by atoms with Crippen molar-refractivity contribution in [3.63, 3.8) is 0 Å². The number of phenolic OH excluding ortho intramolecular Hbond substituents is 1. The van der Waals surface area contributed by atoms with Gasteiger partial charge < -0.3 is 15.3 Å². The third-order valence-corrected chi connectivity index (χ3v) is 6.66. The van der Waals surface area contributed by atoms with Gasteiger partial charge in [-0.15, -0.1) is 0 Å². The zero-order valence-corrected chi connectivity index (χ0v) is 19.0. The fourth-order valence-electron chi connectivity index (χ4n) is 5.07. The third kappa shape index (κ3) is 3.49. The van der Waals surface area contributed by atoms with Gasteiger partial charge in [-0.05, 0) is 51.0 Å². The van der Waals surface area contributed by atoms with Crippen LogP contribution in [-0.4, -0.2) is 50.0 Å². The van der Waals surface area contributed by atoms with Crippen LogP contribution in [0.4, 0.5) is 10.1 Å². The molecule has 0 radical (unpaired) electrons. The number of fused-ring (bicyclic) bond motifs is 2. The second-order valence-corrected chi connectivity index (χ2v) is 9.61. The third-order valence-electron chi connectivity index (χ3n) is 6.66. The van der Waals surface area contributed by atoms with Gasteiger partial charge in [0.15, 0.2) is 17.4 Å². The zero-order chi connectivity index (χ0) is 22.9. The summed E-state index contributed by atoms with van der Waals surface area (Å²) in [5, 5.41) is 20.0. The fraction of sp³-hybridized carbons (Fsp3) is 0.400. The minimum atomic E-state index is -0.739. The molecule has 2 aliphatic rings. The number of aromatic nitrogens is 4. The molecule has 1 saturated carbocycles. The van der Waals surface area contributed by atoms with E-state index in [0.717, 1.165) is 42.5 Å². The lowest BCUT2D eigenvalue weighted by Gasteiger charge is -2.37. The maximum absolute atomic E-state index is 14.9. The van der Waals surface area contributed by atoms with Crippen LogP contribution < -0.4 is 10.2 Å². The van der Waals surface area contributed by atoms with E-state index in [1.807, 2.05) is 6.07 Å². The second kappa shape index (κ2) is 7.38. The largest absolute Gasteiger partial charge is 0.504 e. The molecule has 4 aromatic rings. The number of halogens is 1. The molecule has 0 spiro atoms. The van der Waals surface area contributed by atoms with Crippen LogP contribution >= 0.6 is 0 Å². The van der Waals surface area contributed by atoms with Crippen molar-refractivity contribution in [2.45, 2.75) is 44.7 Å². The van der Waals surface area contributed by atoms with E-state index in [2.05, 4.69) is 41.3 Å². The van der Waals surface area contributed by atoms with Gasteiger partial charge in [-0.1, -0.05) is 0 Å². The van der Waals surface area contributed by atoms with E-state index in [-0.39, 0.29) is 5.52 Å². The van der Waals surface area contributed by atoms with Crippen LogP contribution in [0.15, 0.2) is 30.5 Å². The summed E-state index contributed by atoms with van der Waals surface area (Å²) in [5.41, 5.74) is 3.41. The van der Waals surface area contributed by atoms with Gasteiger partial charge in [-0.25, -0.2) is 14.4 Å². The van der Waals surface area contributed by atoms with Crippen LogP contribution in [0.5, 0.6) is 5.75 Å². The van der Waals surface area contributed by atoms with Crippen LogP contribution in [0.3, 0.4) is 0 Å². The Morgan fingerprint density at radius 3 is 2.58 bits per heavy atom. The number of nitrogens with zero attached hydrogens (tertiary/aromatic N) is 5. The van der Waals surface area contributed by atoms with E-state index in [1.54, 1.807) is 19.3 Å². The zero-order valence-electron chi connectivity index (χ0n) is 19.0. The predicted octanol–water partition coefficient (Wildman–Crippen LogP) is 4.09. The highest BCUT2D eigenvalue weighted by Gasteiger charge is 2.30. The van der Waals surface area contributed by atoms with Gasteiger partial charge in [-0.2, -0.15) is 5.10 Å². The van der Waals surface area contributed by atoms with E-state index < -0.39 is 11.6 Å². The molecule has 1 aliphatic carbocycles. The number of piperazine rings is 1. The Morgan fingerprint density at radius 1 is 1.09 bits per heavy atom. The number of nitrogens with one attached hydrogen (secondary N) is 1. The average molecular weight is 447 g/mol. The molecule has 2 N–H and O–H groups in total. The van der Waals surface area contributed by atoms with Gasteiger partial charge in [0.2, 0.25) is 0 Å². The first-order chi connectivity index (χ1) is 15.9. The summed E-state index contributed by atoms with van der Waals surface area (Å²) in [6.45, 7) is 6.32. The van der Waals surface area contributed by atoms with E-state index >= 15 is 0 Å². The van der Waals surface area contributed by atoms with Crippen LogP contribution in [0.25, 0.3) is 33.2 Å². The van der Waals surface area contributed by atoms with Gasteiger partial charge in [0, 0.05) is 60.8 Å². The Bertz CT molecular complexity index is 1390. The van der Waals surface area contributed by atoms with Gasteiger partial charge in [-0.3, -0.25) is 4.68 Å². The highest BCUT2D eigenvalue weighted by Crippen LogP contribution is 2.44. The van der Waals surface area contributed by atoms with Crippen molar-refractivity contribution in [1.29, 1.82) is 0 Å². The molecule has 2 aromatic heterocycles. The topological polar surface area (TPSA) is 79.1 Å². The van der Waals surface area contributed by atoms with E-state index in [0.29, 0.717) is 34.8 Å². The lowest BCUT2D eigenvalue weighted by molar-refractivity contribution is 0.407. The molecule has 2 aromatic carbocycles. The van der Waals surface area contributed by atoms with Gasteiger partial charge in [0.05, 0.1) is 16.8 Å². The monoisotopic (exact) mass is 446 g/mol. The molecule has 8 heteroatoms. The van der Waals surface area contributed by atoms with Crippen molar-refractivity contribution in [2.75, 3.05) is 18.0 Å². The van der Waals surface area contributed by atoms with Crippen LogP contribution in [0.1, 0.15) is 38.3 Å². The average Bonchev–Trinajstić information content (AvgIpc) is 3.56. The van der Waals surface area contributed by atoms with E-state index in [9.17, 15) is 9.50 Å². The molecular formula is C25H27FN6O. The van der Waals surface area contributed by atoms with Crippen LogP contribution in [0, 0.1) is 5.82 Å². The smallest absolute Gasteiger partial charge is 0.193 e. The Morgan fingerprint density at radius 2 is 1.85 bits per heavy atom. The summed E-state index contributed by atoms with van der Waals surface area (Å²) in [6.07, 6.45) is 3.89. The quantitative estimate of drug-likeness (QED) is 0.494. The van der Waals surface area contributed by atoms with Crippen molar-refractivity contribution in [2.24, 2.45) is 7.05 Å². The molecule has 0 unspecified atom stereocenters. The Balaban J connectivity index is 1.49. The maximum atomic E-state index is 14.9. The van der Waals surface area contributed by atoms with E-state index in [4.69, 9.17) is 9.97 Å². The molecule has 2 atom stereocenters. The summed E-state index contributed by atoms with van der Waals surface area (Å²) in [7, 11) is 1.73. The Labute approximate surface area is 191 Å². The van der Waals surface area contributed by atoms with E-state index in [1.165, 1.54) is 10.4 Å². The summed E-state index contributed by atoms with van der Waals surface area (Å²) in [4.78, 5) is 12.0. The number of phenols is 1. The fourth-order valence-corrected chi connectivity index (χ4v) is 5.07. The van der Waals surface area contributed by atoms with Crippen molar-refractivity contribution in [3.05, 3.63) is 42.0 Å². The summed E-state index contributed by atoms with van der Waals surface area (Å²) < 4.78 is 16.4. The summed E-state index contributed by atoms with van der Waals surface area (Å²) >= 11 is 0. The van der Waals surface area contributed by atoms with Crippen LogP contribution in [0.2, 0.25) is 0 Å². The molecule has 6 rings (SSSR count). The number of hydrogen-bond acceptors (Lipinski definition) is 6. The maximum Gasteiger partial charge on any atom is 0.193 e. The second-order valence-electron chi connectivity index (χ2n) is 9.61. The van der Waals surface area contributed by atoms with Gasteiger partial charge in [0.1, 0.15) is 5.52 Å². The molecule has 0 amide bonds. The number of aryl methyl sites for hydroxylation is 1. The van der Waals surface area contributed by atoms with Crippen molar-refractivity contribution in [3.8, 4) is 17.1 Å². The number of anilines is 1. The summed E-state index contributed by atoms with van der Waals surface area (Å²) in [6, 6.07) is 8.89. The first kappa shape index (κ1) is 20.4. The Kier molecular flexibility index (Phi) is 4.55. The lowest BCUT2D eigenvalue weighted by Crippen LogP contribution is -2.54. The highest BCUT2D eigenvalue weighted by atomic mass is 19.1. The molecule has 1 aliphatic heterocycles. The number of benzene rings is 2. The summed E-state index contributed by atoms with van der Waals surface area (Å²) in [5.74, 6) is -0.469. The minimum absolute atomic E-state index is 0.145. The van der Waals surface area contributed by atoms with Crippen LogP contribution in [-0.2, 0) is 7.05 Å². The number of aromatic hydroxyl groups is 1. The molecule has 7 nitrogen and oxygen atoms in total. The minimum Gasteiger partial charge on any atom is -0.504 e. The predicted molar refractivity (Wildman–Crippen MR) is 127 cm³/mol. The normalized spacial score (nSPS) is 21.3. The van der Waals surface area contributed by atoms with Gasteiger partial charge in [0.25, 0.3) is 0 Å². The molecule has 33 heavy (non-hydrogen) atoms. The van der Waals surface area contributed by atoms with Crippen molar-refractivity contribution in [1.82, 2.24) is 25.1 Å². The molecular weight excluding hydrogens is 419 g/mol. The number of rotatable bonds is 3. The Hall–Kier alpha value is -3.26. The molecule has 170 valence electrons.